The Balaban J connectivity index is 2.91. The van der Waals surface area contributed by atoms with Crippen LogP contribution in [0.25, 0.3) is 0 Å². The van der Waals surface area contributed by atoms with E-state index in [0.29, 0.717) is 6.61 Å². The fraction of sp³-hybridized carbons (Fsp3) is 0.786. The summed E-state index contributed by atoms with van der Waals surface area (Å²) in [5.74, 6) is -3.29. The van der Waals surface area contributed by atoms with Crippen molar-refractivity contribution in [2.24, 2.45) is 0 Å². The van der Waals surface area contributed by atoms with E-state index in [9.17, 15) is 25.2 Å². The van der Waals surface area contributed by atoms with Gasteiger partial charge >= 0.3 is 5.97 Å². The van der Waals surface area contributed by atoms with E-state index in [1.807, 2.05) is 0 Å². The summed E-state index contributed by atoms with van der Waals surface area (Å²) in [6.45, 7) is 4.18. The molecule has 9 heteroatoms. The van der Waals surface area contributed by atoms with Gasteiger partial charge in [0.2, 0.25) is 5.79 Å². The number of esters is 1. The van der Waals surface area contributed by atoms with Crippen LogP contribution in [0.2, 0.25) is 0 Å². The molecule has 1 rings (SSSR count). The predicted octanol–water partition coefficient (Wildman–Crippen LogP) is -1.98. The lowest BCUT2D eigenvalue weighted by atomic mass is 9.91. The number of hydrogen-bond donors (Lipinski definition) is 5. The van der Waals surface area contributed by atoms with Gasteiger partial charge < -0.3 is 39.7 Å². The fourth-order valence-corrected chi connectivity index (χ4v) is 2.18. The number of rotatable bonds is 6. The molecule has 1 aliphatic rings. The molecule has 0 radical (unpaired) electrons. The van der Waals surface area contributed by atoms with Gasteiger partial charge in [0.1, 0.15) is 24.4 Å². The van der Waals surface area contributed by atoms with Crippen LogP contribution in [0.3, 0.4) is 0 Å². The fourth-order valence-electron chi connectivity index (χ4n) is 2.18. The average Bonchev–Trinajstić information content (AvgIpc) is 2.49. The van der Waals surface area contributed by atoms with Crippen LogP contribution in [0.5, 0.6) is 0 Å². The number of aliphatic hydroxyl groups is 5. The Kier molecular flexibility index (Phi) is 7.08. The first-order valence-electron chi connectivity index (χ1n) is 7.23. The smallest absolute Gasteiger partial charge is 0.335 e. The zero-order valence-corrected chi connectivity index (χ0v) is 13.2. The number of carbonyl (C=O) groups excluding carboxylic acids is 1. The molecular formula is C14H24O9. The Labute approximate surface area is 133 Å². The van der Waals surface area contributed by atoms with Gasteiger partial charge in [-0.1, -0.05) is 0 Å². The summed E-state index contributed by atoms with van der Waals surface area (Å²) in [7, 11) is 0. The summed E-state index contributed by atoms with van der Waals surface area (Å²) < 4.78 is 15.0. The van der Waals surface area contributed by atoms with Crippen LogP contribution >= 0.6 is 0 Å². The van der Waals surface area contributed by atoms with Gasteiger partial charge in [-0.25, -0.2) is 4.79 Å². The lowest BCUT2D eigenvalue weighted by Crippen LogP contribution is -2.64. The number of ether oxygens (including phenoxy) is 3. The maximum Gasteiger partial charge on any atom is 0.335 e. The maximum atomic E-state index is 11.9. The number of aliphatic hydroxyl groups excluding tert-OH is 4. The molecule has 134 valence electrons. The Morgan fingerprint density at radius 2 is 1.96 bits per heavy atom. The molecule has 0 aromatic heterocycles. The Bertz CT molecular complexity index is 436. The number of hydrogen-bond acceptors (Lipinski definition) is 9. The topological polar surface area (TPSA) is 146 Å². The van der Waals surface area contributed by atoms with E-state index in [-0.39, 0.29) is 5.57 Å². The molecule has 1 saturated heterocycles. The SMILES string of the molecule is CCOC(C)OC(=O)/C(C)=C/C1(O)O[C@H](CO)[C@@H](O)[C@H](O)[C@H]1O. The van der Waals surface area contributed by atoms with Gasteiger partial charge in [-0.3, -0.25) is 0 Å². The molecule has 0 amide bonds. The van der Waals surface area contributed by atoms with Gasteiger partial charge in [-0.2, -0.15) is 0 Å². The Morgan fingerprint density at radius 3 is 2.48 bits per heavy atom. The maximum absolute atomic E-state index is 11.9. The highest BCUT2D eigenvalue weighted by molar-refractivity contribution is 5.88. The summed E-state index contributed by atoms with van der Waals surface area (Å²) in [4.78, 5) is 11.9. The van der Waals surface area contributed by atoms with Crippen LogP contribution in [0.1, 0.15) is 20.8 Å². The largest absolute Gasteiger partial charge is 0.433 e. The van der Waals surface area contributed by atoms with Gasteiger partial charge in [0.15, 0.2) is 6.29 Å². The number of carbonyl (C=O) groups is 1. The highest BCUT2D eigenvalue weighted by atomic mass is 16.7. The normalized spacial score (nSPS) is 36.6. The lowest BCUT2D eigenvalue weighted by Gasteiger charge is -2.44. The molecule has 1 aliphatic heterocycles. The van der Waals surface area contributed by atoms with E-state index >= 15 is 0 Å². The molecule has 0 aromatic carbocycles. The third-order valence-electron chi connectivity index (χ3n) is 3.42. The molecule has 0 spiro atoms. The summed E-state index contributed by atoms with van der Waals surface area (Å²) >= 11 is 0. The minimum Gasteiger partial charge on any atom is -0.433 e. The summed E-state index contributed by atoms with van der Waals surface area (Å²) in [6.07, 6.45) is -6.56. The standard InChI is InChI=1S/C14H24O9/c1-4-21-8(3)22-13(19)7(2)5-14(20)12(18)11(17)10(16)9(6-15)23-14/h5,8-12,15-18,20H,4,6H2,1-3H3/b7-5+/t8?,9-,10-,11+,12-,14?/m1/s1. The first-order valence-corrected chi connectivity index (χ1v) is 7.23. The molecule has 9 nitrogen and oxygen atoms in total. The van der Waals surface area contributed by atoms with Crippen molar-refractivity contribution in [1.29, 1.82) is 0 Å². The molecule has 6 atom stereocenters. The zero-order chi connectivity index (χ0) is 17.8. The molecule has 0 bridgehead atoms. The lowest BCUT2D eigenvalue weighted by molar-refractivity contribution is -0.327. The van der Waals surface area contributed by atoms with Crippen LogP contribution in [-0.4, -0.2) is 81.2 Å². The van der Waals surface area contributed by atoms with Crippen molar-refractivity contribution in [3.8, 4) is 0 Å². The second-order valence-corrected chi connectivity index (χ2v) is 5.27. The van der Waals surface area contributed by atoms with E-state index < -0.39 is 49.1 Å². The van der Waals surface area contributed by atoms with Gasteiger partial charge in [-0.15, -0.1) is 0 Å². The molecular weight excluding hydrogens is 312 g/mol. The van der Waals surface area contributed by atoms with E-state index in [1.54, 1.807) is 6.92 Å². The van der Waals surface area contributed by atoms with Gasteiger partial charge in [0, 0.05) is 12.2 Å². The molecule has 0 aliphatic carbocycles. The molecule has 1 heterocycles. The summed E-state index contributed by atoms with van der Waals surface area (Å²) in [5, 5.41) is 48.7. The second-order valence-electron chi connectivity index (χ2n) is 5.27. The van der Waals surface area contributed by atoms with Crippen molar-refractivity contribution in [1.82, 2.24) is 0 Å². The molecule has 2 unspecified atom stereocenters. The van der Waals surface area contributed by atoms with Crippen LogP contribution < -0.4 is 0 Å². The van der Waals surface area contributed by atoms with Crippen molar-refractivity contribution in [2.45, 2.75) is 57.3 Å². The van der Waals surface area contributed by atoms with Crippen molar-refractivity contribution in [3.63, 3.8) is 0 Å². The van der Waals surface area contributed by atoms with Crippen LogP contribution in [0.15, 0.2) is 11.6 Å². The van der Waals surface area contributed by atoms with Gasteiger partial charge in [0.05, 0.1) is 6.61 Å². The van der Waals surface area contributed by atoms with Crippen LogP contribution in [0, 0.1) is 0 Å². The van der Waals surface area contributed by atoms with Gasteiger partial charge in [-0.05, 0) is 26.8 Å². The van der Waals surface area contributed by atoms with Crippen molar-refractivity contribution >= 4 is 5.97 Å². The van der Waals surface area contributed by atoms with Crippen molar-refractivity contribution in [3.05, 3.63) is 11.6 Å². The van der Waals surface area contributed by atoms with Crippen LogP contribution in [-0.2, 0) is 19.0 Å². The monoisotopic (exact) mass is 336 g/mol. The van der Waals surface area contributed by atoms with Crippen molar-refractivity contribution in [2.75, 3.05) is 13.2 Å². The Morgan fingerprint density at radius 1 is 1.35 bits per heavy atom. The average molecular weight is 336 g/mol. The zero-order valence-electron chi connectivity index (χ0n) is 13.2. The highest BCUT2D eigenvalue weighted by Gasteiger charge is 2.51. The summed E-state index contributed by atoms with van der Waals surface area (Å²) in [5.41, 5.74) is -0.113. The molecule has 0 aromatic rings. The van der Waals surface area contributed by atoms with Gasteiger partial charge in [0.25, 0.3) is 0 Å². The van der Waals surface area contributed by atoms with Crippen LogP contribution in [0.4, 0.5) is 0 Å². The highest BCUT2D eigenvalue weighted by Crippen LogP contribution is 2.30. The third kappa shape index (κ3) is 4.70. The first kappa shape index (κ1) is 20.0. The second kappa shape index (κ2) is 8.15. The molecule has 23 heavy (non-hydrogen) atoms. The minimum absolute atomic E-state index is 0.113. The van der Waals surface area contributed by atoms with E-state index in [4.69, 9.17) is 19.3 Å². The van der Waals surface area contributed by atoms with E-state index in [1.165, 1.54) is 13.8 Å². The minimum atomic E-state index is -2.47. The van der Waals surface area contributed by atoms with Crippen molar-refractivity contribution < 1.29 is 44.5 Å². The summed E-state index contributed by atoms with van der Waals surface area (Å²) in [6, 6.07) is 0. The molecule has 0 saturated carbocycles. The molecule has 1 fully saturated rings. The molecule has 5 N–H and O–H groups in total. The van der Waals surface area contributed by atoms with E-state index in [0.717, 1.165) is 6.08 Å². The third-order valence-corrected chi connectivity index (χ3v) is 3.42. The quantitative estimate of drug-likeness (QED) is 0.211. The predicted molar refractivity (Wildman–Crippen MR) is 75.9 cm³/mol. The van der Waals surface area contributed by atoms with E-state index in [2.05, 4.69) is 0 Å². The first-order chi connectivity index (χ1) is 10.7. The Hall–Kier alpha value is -1.07.